The summed E-state index contributed by atoms with van der Waals surface area (Å²) in [5, 5.41) is 3.94. The van der Waals surface area contributed by atoms with Gasteiger partial charge in [-0.3, -0.25) is 4.79 Å². The summed E-state index contributed by atoms with van der Waals surface area (Å²) < 4.78 is 22.0. The van der Waals surface area contributed by atoms with Crippen LogP contribution in [0.5, 0.6) is 17.2 Å². The second-order valence-corrected chi connectivity index (χ2v) is 7.88. The van der Waals surface area contributed by atoms with Gasteiger partial charge in [0.2, 0.25) is 0 Å². The zero-order valence-electron chi connectivity index (χ0n) is 18.9. The van der Waals surface area contributed by atoms with Crippen LogP contribution in [-0.2, 0) is 6.61 Å². The quantitative estimate of drug-likeness (QED) is 0.526. The fraction of sp³-hybridized carbons (Fsp3) is 0.360. The van der Waals surface area contributed by atoms with Gasteiger partial charge in [-0.1, -0.05) is 5.16 Å². The lowest BCUT2D eigenvalue weighted by Crippen LogP contribution is -2.30. The highest BCUT2D eigenvalue weighted by Gasteiger charge is 2.32. The number of aromatic nitrogens is 1. The molecule has 7 heteroatoms. The Labute approximate surface area is 187 Å². The van der Waals surface area contributed by atoms with Crippen molar-refractivity contribution in [1.82, 2.24) is 10.1 Å². The van der Waals surface area contributed by atoms with Gasteiger partial charge >= 0.3 is 0 Å². The number of amides is 1. The van der Waals surface area contributed by atoms with Crippen molar-refractivity contribution < 1.29 is 23.5 Å². The van der Waals surface area contributed by atoms with Crippen molar-refractivity contribution in [3.63, 3.8) is 0 Å². The number of methoxy groups -OCH3 is 2. The number of likely N-dealkylation sites (tertiary alicyclic amines) is 1. The van der Waals surface area contributed by atoms with E-state index in [9.17, 15) is 4.79 Å². The predicted octanol–water partition coefficient (Wildman–Crippen LogP) is 4.86. The summed E-state index contributed by atoms with van der Waals surface area (Å²) in [6, 6.07) is 12.9. The molecule has 7 nitrogen and oxygen atoms in total. The van der Waals surface area contributed by atoms with Crippen molar-refractivity contribution in [1.29, 1.82) is 0 Å². The van der Waals surface area contributed by atoms with Crippen LogP contribution in [0.15, 0.2) is 47.0 Å². The first-order chi connectivity index (χ1) is 15.5. The van der Waals surface area contributed by atoms with Crippen LogP contribution < -0.4 is 14.2 Å². The van der Waals surface area contributed by atoms with Crippen molar-refractivity contribution in [2.24, 2.45) is 0 Å². The third-order valence-electron chi connectivity index (χ3n) is 5.98. The molecule has 1 atom stereocenters. The van der Waals surface area contributed by atoms with Gasteiger partial charge in [0.25, 0.3) is 5.91 Å². The van der Waals surface area contributed by atoms with E-state index in [1.807, 2.05) is 61.2 Å². The average Bonchev–Trinajstić information content (AvgIpc) is 3.43. The molecule has 2 aromatic carbocycles. The molecule has 0 bridgehead atoms. The summed E-state index contributed by atoms with van der Waals surface area (Å²) in [6.07, 6.45) is 1.82. The van der Waals surface area contributed by atoms with E-state index in [0.717, 1.165) is 46.9 Å². The van der Waals surface area contributed by atoms with Gasteiger partial charge < -0.3 is 23.6 Å². The predicted molar refractivity (Wildman–Crippen MR) is 119 cm³/mol. The molecule has 1 saturated heterocycles. The normalized spacial score (nSPS) is 15.6. The van der Waals surface area contributed by atoms with Crippen molar-refractivity contribution in [2.75, 3.05) is 20.8 Å². The smallest absolute Gasteiger partial charge is 0.254 e. The van der Waals surface area contributed by atoms with E-state index in [1.54, 1.807) is 14.2 Å². The summed E-state index contributed by atoms with van der Waals surface area (Å²) in [4.78, 5) is 15.2. The molecule has 0 saturated carbocycles. The number of hydrogen-bond donors (Lipinski definition) is 0. The number of aryl methyl sites for hydroxylation is 2. The number of rotatable bonds is 7. The summed E-state index contributed by atoms with van der Waals surface area (Å²) in [6.45, 7) is 4.83. The molecule has 1 aliphatic heterocycles. The Bertz CT molecular complexity index is 1070. The molecule has 4 rings (SSSR count). The fourth-order valence-electron chi connectivity index (χ4n) is 4.16. The number of carbonyl (C=O) groups is 1. The van der Waals surface area contributed by atoms with Gasteiger partial charge in [-0.25, -0.2) is 0 Å². The van der Waals surface area contributed by atoms with Crippen molar-refractivity contribution in [3.05, 3.63) is 70.6 Å². The zero-order chi connectivity index (χ0) is 22.7. The minimum absolute atomic E-state index is 0.00496. The van der Waals surface area contributed by atoms with Crippen LogP contribution in [0.2, 0.25) is 0 Å². The Kier molecular flexibility index (Phi) is 6.35. The molecule has 32 heavy (non-hydrogen) atoms. The maximum atomic E-state index is 13.3. The van der Waals surface area contributed by atoms with Crippen LogP contribution in [0, 0.1) is 13.8 Å². The van der Waals surface area contributed by atoms with E-state index < -0.39 is 0 Å². The largest absolute Gasteiger partial charge is 0.497 e. The molecule has 0 unspecified atom stereocenters. The second kappa shape index (κ2) is 9.34. The highest BCUT2D eigenvalue weighted by molar-refractivity contribution is 5.94. The van der Waals surface area contributed by atoms with Gasteiger partial charge in [0.1, 0.15) is 29.6 Å². The highest BCUT2D eigenvalue weighted by Crippen LogP contribution is 2.39. The van der Waals surface area contributed by atoms with Crippen LogP contribution in [0.4, 0.5) is 0 Å². The maximum Gasteiger partial charge on any atom is 0.254 e. The molecule has 168 valence electrons. The van der Waals surface area contributed by atoms with Gasteiger partial charge in [0, 0.05) is 17.7 Å². The van der Waals surface area contributed by atoms with Gasteiger partial charge in [-0.05, 0) is 69.2 Å². The Morgan fingerprint density at radius 1 is 1.09 bits per heavy atom. The van der Waals surface area contributed by atoms with Gasteiger partial charge in [0.05, 0.1) is 31.5 Å². The topological polar surface area (TPSA) is 74.0 Å². The van der Waals surface area contributed by atoms with E-state index in [0.29, 0.717) is 24.5 Å². The lowest BCUT2D eigenvalue weighted by Gasteiger charge is -2.27. The summed E-state index contributed by atoms with van der Waals surface area (Å²) in [7, 11) is 3.28. The maximum absolute atomic E-state index is 13.3. The van der Waals surface area contributed by atoms with Gasteiger partial charge in [-0.15, -0.1) is 0 Å². The third-order valence-corrected chi connectivity index (χ3v) is 5.98. The third kappa shape index (κ3) is 4.28. The standard InChI is InChI=1S/C25H28N2O5/c1-16-22(17(2)32-26-16)15-31-19-9-7-18(8-10-19)25(28)27-13-5-6-23(27)21-14-20(29-3)11-12-24(21)30-4/h7-12,14,23H,5-6,13,15H2,1-4H3/t23-/m0/s1. The highest BCUT2D eigenvalue weighted by atomic mass is 16.5. The minimum atomic E-state index is -0.0528. The fourth-order valence-corrected chi connectivity index (χ4v) is 4.16. The lowest BCUT2D eigenvalue weighted by molar-refractivity contribution is 0.0734. The molecular formula is C25H28N2O5. The monoisotopic (exact) mass is 436 g/mol. The first-order valence-corrected chi connectivity index (χ1v) is 10.7. The SMILES string of the molecule is COc1ccc(OC)c([C@@H]2CCCN2C(=O)c2ccc(OCc3c(C)noc3C)cc2)c1. The van der Waals surface area contributed by atoms with E-state index in [1.165, 1.54) is 0 Å². The molecule has 1 aliphatic rings. The first kappa shape index (κ1) is 21.7. The van der Waals surface area contributed by atoms with Crippen molar-refractivity contribution in [2.45, 2.75) is 39.3 Å². The van der Waals surface area contributed by atoms with Crippen LogP contribution in [0.3, 0.4) is 0 Å². The zero-order valence-corrected chi connectivity index (χ0v) is 18.9. The van der Waals surface area contributed by atoms with E-state index in [2.05, 4.69) is 5.16 Å². The number of nitrogens with zero attached hydrogens (tertiary/aromatic N) is 2. The van der Waals surface area contributed by atoms with Crippen LogP contribution in [0.25, 0.3) is 0 Å². The Balaban J connectivity index is 1.49. The number of hydrogen-bond acceptors (Lipinski definition) is 6. The number of carbonyl (C=O) groups excluding carboxylic acids is 1. The summed E-state index contributed by atoms with van der Waals surface area (Å²) >= 11 is 0. The average molecular weight is 437 g/mol. The van der Waals surface area contributed by atoms with E-state index >= 15 is 0 Å². The molecule has 0 N–H and O–H groups in total. The van der Waals surface area contributed by atoms with Crippen LogP contribution in [-0.4, -0.2) is 36.7 Å². The Morgan fingerprint density at radius 2 is 1.84 bits per heavy atom. The summed E-state index contributed by atoms with van der Waals surface area (Å²) in [5.41, 5.74) is 3.36. The summed E-state index contributed by atoms with van der Waals surface area (Å²) in [5.74, 6) is 2.95. The van der Waals surface area contributed by atoms with Crippen LogP contribution >= 0.6 is 0 Å². The molecule has 0 aliphatic carbocycles. The first-order valence-electron chi connectivity index (χ1n) is 10.7. The molecule has 2 heterocycles. The minimum Gasteiger partial charge on any atom is -0.497 e. The van der Waals surface area contributed by atoms with E-state index in [-0.39, 0.29) is 11.9 Å². The molecular weight excluding hydrogens is 408 g/mol. The molecule has 3 aromatic rings. The van der Waals surface area contributed by atoms with Gasteiger partial charge in [-0.2, -0.15) is 0 Å². The van der Waals surface area contributed by atoms with Crippen LogP contribution in [0.1, 0.15) is 51.8 Å². The van der Waals surface area contributed by atoms with Crippen molar-refractivity contribution in [3.8, 4) is 17.2 Å². The molecule has 1 aromatic heterocycles. The number of ether oxygens (including phenoxy) is 3. The second-order valence-electron chi connectivity index (χ2n) is 7.88. The van der Waals surface area contributed by atoms with Gasteiger partial charge in [0.15, 0.2) is 0 Å². The van der Waals surface area contributed by atoms with Crippen molar-refractivity contribution >= 4 is 5.91 Å². The Morgan fingerprint density at radius 3 is 2.50 bits per heavy atom. The lowest BCUT2D eigenvalue weighted by atomic mass is 10.0. The molecule has 1 amide bonds. The molecule has 0 spiro atoms. The number of benzene rings is 2. The molecule has 0 radical (unpaired) electrons. The Hall–Kier alpha value is -3.48. The molecule has 1 fully saturated rings. The van der Waals surface area contributed by atoms with E-state index in [4.69, 9.17) is 18.7 Å².